The highest BCUT2D eigenvalue weighted by atomic mass is 19.1. The molecule has 96 valence electrons. The lowest BCUT2D eigenvalue weighted by molar-refractivity contribution is 0.494. The molecule has 1 aromatic carbocycles. The van der Waals surface area contributed by atoms with Gasteiger partial charge in [-0.15, -0.1) is 0 Å². The van der Waals surface area contributed by atoms with E-state index >= 15 is 0 Å². The zero-order valence-corrected chi connectivity index (χ0v) is 10.6. The third-order valence-corrected chi connectivity index (χ3v) is 2.75. The Labute approximate surface area is 102 Å². The Balaban J connectivity index is 2.36. The Morgan fingerprint density at radius 3 is 2.35 bits per heavy atom. The molecule has 0 aliphatic rings. The summed E-state index contributed by atoms with van der Waals surface area (Å²) in [4.78, 5) is 0. The van der Waals surface area contributed by atoms with Gasteiger partial charge in [-0.05, 0) is 56.0 Å². The molecule has 0 heterocycles. The summed E-state index contributed by atoms with van der Waals surface area (Å²) < 4.78 is 26.0. The zero-order chi connectivity index (χ0) is 12.7. The first-order valence-electron chi connectivity index (χ1n) is 6.27. The first-order chi connectivity index (χ1) is 8.11. The topological polar surface area (TPSA) is 12.0 Å². The molecule has 3 heteroatoms. The van der Waals surface area contributed by atoms with Crippen molar-refractivity contribution in [3.63, 3.8) is 0 Å². The van der Waals surface area contributed by atoms with Crippen LogP contribution >= 0.6 is 0 Å². The predicted octanol–water partition coefficient (Wildman–Crippen LogP) is 3.53. The van der Waals surface area contributed by atoms with Gasteiger partial charge in [-0.2, -0.15) is 0 Å². The van der Waals surface area contributed by atoms with E-state index in [0.717, 1.165) is 44.0 Å². The van der Waals surface area contributed by atoms with Crippen molar-refractivity contribution in [2.75, 3.05) is 13.1 Å². The second-order valence-corrected chi connectivity index (χ2v) is 4.63. The van der Waals surface area contributed by atoms with Gasteiger partial charge < -0.3 is 5.32 Å². The third-order valence-electron chi connectivity index (χ3n) is 2.75. The van der Waals surface area contributed by atoms with Crippen LogP contribution in [0, 0.1) is 17.6 Å². The molecule has 0 saturated heterocycles. The van der Waals surface area contributed by atoms with Crippen molar-refractivity contribution in [2.45, 2.75) is 33.1 Å². The van der Waals surface area contributed by atoms with Crippen molar-refractivity contribution in [3.8, 4) is 0 Å². The maximum absolute atomic E-state index is 13.0. The largest absolute Gasteiger partial charge is 0.317 e. The Hall–Kier alpha value is -0.960. The quantitative estimate of drug-likeness (QED) is 0.720. The standard InChI is InChI=1S/C14H21F2N/c1-3-5-17-6-4-11(2)7-12-8-13(15)10-14(16)9-12/h8-11,17H,3-7H2,1-2H3. The van der Waals surface area contributed by atoms with Gasteiger partial charge in [0, 0.05) is 6.07 Å². The lowest BCUT2D eigenvalue weighted by Crippen LogP contribution is -2.18. The SMILES string of the molecule is CCCNCCC(C)Cc1cc(F)cc(F)c1. The summed E-state index contributed by atoms with van der Waals surface area (Å²) >= 11 is 0. The second kappa shape index (κ2) is 7.38. The molecule has 0 radical (unpaired) electrons. The maximum Gasteiger partial charge on any atom is 0.126 e. The van der Waals surface area contributed by atoms with Crippen LogP contribution < -0.4 is 5.32 Å². The number of rotatable bonds is 7. The summed E-state index contributed by atoms with van der Waals surface area (Å²) in [7, 11) is 0. The van der Waals surface area contributed by atoms with Crippen molar-refractivity contribution >= 4 is 0 Å². The first-order valence-corrected chi connectivity index (χ1v) is 6.27. The molecule has 0 aliphatic heterocycles. The molecule has 0 fully saturated rings. The van der Waals surface area contributed by atoms with Crippen LogP contribution in [0.3, 0.4) is 0 Å². The Morgan fingerprint density at radius 2 is 1.76 bits per heavy atom. The van der Waals surface area contributed by atoms with E-state index in [1.807, 2.05) is 0 Å². The van der Waals surface area contributed by atoms with Crippen LogP contribution in [0.2, 0.25) is 0 Å². The fourth-order valence-electron chi connectivity index (χ4n) is 1.88. The Kier molecular flexibility index (Phi) is 6.12. The first kappa shape index (κ1) is 14.1. The van der Waals surface area contributed by atoms with E-state index in [4.69, 9.17) is 0 Å². The lowest BCUT2D eigenvalue weighted by Gasteiger charge is -2.12. The molecule has 1 atom stereocenters. The molecular weight excluding hydrogens is 220 g/mol. The summed E-state index contributed by atoms with van der Waals surface area (Å²) in [6.45, 7) is 6.23. The lowest BCUT2D eigenvalue weighted by atomic mass is 9.98. The molecule has 1 nitrogen and oxygen atoms in total. The molecule has 0 spiro atoms. The minimum atomic E-state index is -0.490. The van der Waals surface area contributed by atoms with Crippen molar-refractivity contribution in [1.82, 2.24) is 5.32 Å². The second-order valence-electron chi connectivity index (χ2n) is 4.63. The van der Waals surface area contributed by atoms with Crippen LogP contribution in [0.15, 0.2) is 18.2 Å². The van der Waals surface area contributed by atoms with Gasteiger partial charge in [0.05, 0.1) is 0 Å². The normalized spacial score (nSPS) is 12.7. The van der Waals surface area contributed by atoms with Crippen LogP contribution in [0.5, 0.6) is 0 Å². The Morgan fingerprint density at radius 1 is 1.12 bits per heavy atom. The highest BCUT2D eigenvalue weighted by Gasteiger charge is 2.06. The van der Waals surface area contributed by atoms with Crippen LogP contribution in [0.4, 0.5) is 8.78 Å². The van der Waals surface area contributed by atoms with E-state index < -0.39 is 11.6 Å². The Bertz CT molecular complexity index is 319. The summed E-state index contributed by atoms with van der Waals surface area (Å²) in [5.41, 5.74) is 0.741. The van der Waals surface area contributed by atoms with E-state index in [-0.39, 0.29) is 0 Å². The molecule has 0 aromatic heterocycles. The van der Waals surface area contributed by atoms with Crippen molar-refractivity contribution in [1.29, 1.82) is 0 Å². The molecule has 1 N–H and O–H groups in total. The number of nitrogens with one attached hydrogen (secondary N) is 1. The molecule has 1 unspecified atom stereocenters. The van der Waals surface area contributed by atoms with E-state index in [0.29, 0.717) is 5.92 Å². The van der Waals surface area contributed by atoms with E-state index in [9.17, 15) is 8.78 Å². The van der Waals surface area contributed by atoms with E-state index in [1.165, 1.54) is 12.1 Å². The molecule has 1 rings (SSSR count). The summed E-state index contributed by atoms with van der Waals surface area (Å²) in [6.07, 6.45) is 2.88. The number of hydrogen-bond acceptors (Lipinski definition) is 1. The summed E-state index contributed by atoms with van der Waals surface area (Å²) in [6, 6.07) is 3.75. The summed E-state index contributed by atoms with van der Waals surface area (Å²) in [5.74, 6) is -0.548. The third kappa shape index (κ3) is 5.78. The molecule has 0 amide bonds. The van der Waals surface area contributed by atoms with E-state index in [2.05, 4.69) is 19.2 Å². The van der Waals surface area contributed by atoms with Crippen LogP contribution in [0.25, 0.3) is 0 Å². The van der Waals surface area contributed by atoms with Gasteiger partial charge in [-0.1, -0.05) is 13.8 Å². The number of hydrogen-bond donors (Lipinski definition) is 1. The van der Waals surface area contributed by atoms with Gasteiger partial charge >= 0.3 is 0 Å². The number of halogens is 2. The molecule has 0 bridgehead atoms. The zero-order valence-electron chi connectivity index (χ0n) is 10.6. The average molecular weight is 241 g/mol. The van der Waals surface area contributed by atoms with Gasteiger partial charge in [0.2, 0.25) is 0 Å². The molecular formula is C14H21F2N. The molecule has 1 aromatic rings. The van der Waals surface area contributed by atoms with Gasteiger partial charge in [-0.25, -0.2) is 8.78 Å². The van der Waals surface area contributed by atoms with E-state index in [1.54, 1.807) is 0 Å². The van der Waals surface area contributed by atoms with Crippen LogP contribution in [-0.4, -0.2) is 13.1 Å². The summed E-state index contributed by atoms with van der Waals surface area (Å²) in [5, 5.41) is 3.33. The molecule has 17 heavy (non-hydrogen) atoms. The monoisotopic (exact) mass is 241 g/mol. The van der Waals surface area contributed by atoms with Crippen molar-refractivity contribution in [2.24, 2.45) is 5.92 Å². The highest BCUT2D eigenvalue weighted by molar-refractivity contribution is 5.18. The smallest absolute Gasteiger partial charge is 0.126 e. The molecule has 0 aliphatic carbocycles. The minimum Gasteiger partial charge on any atom is -0.317 e. The van der Waals surface area contributed by atoms with Gasteiger partial charge in [-0.3, -0.25) is 0 Å². The van der Waals surface area contributed by atoms with Crippen molar-refractivity contribution < 1.29 is 8.78 Å². The minimum absolute atomic E-state index is 0.431. The van der Waals surface area contributed by atoms with Gasteiger partial charge in [0.25, 0.3) is 0 Å². The number of benzene rings is 1. The van der Waals surface area contributed by atoms with Crippen LogP contribution in [0.1, 0.15) is 32.3 Å². The van der Waals surface area contributed by atoms with Gasteiger partial charge in [0.15, 0.2) is 0 Å². The van der Waals surface area contributed by atoms with Crippen molar-refractivity contribution in [3.05, 3.63) is 35.4 Å². The highest BCUT2D eigenvalue weighted by Crippen LogP contribution is 2.14. The average Bonchev–Trinajstić information content (AvgIpc) is 2.23. The fourth-order valence-corrected chi connectivity index (χ4v) is 1.88. The molecule has 0 saturated carbocycles. The maximum atomic E-state index is 13.0. The predicted molar refractivity (Wildman–Crippen MR) is 67.0 cm³/mol. The fraction of sp³-hybridized carbons (Fsp3) is 0.571. The van der Waals surface area contributed by atoms with Crippen LogP contribution in [-0.2, 0) is 6.42 Å². The van der Waals surface area contributed by atoms with Gasteiger partial charge in [0.1, 0.15) is 11.6 Å².